The molecule has 1 atom stereocenters. The van der Waals surface area contributed by atoms with Gasteiger partial charge in [-0.05, 0) is 30.3 Å². The quantitative estimate of drug-likeness (QED) is 0.851. The van der Waals surface area contributed by atoms with Crippen LogP contribution in [-0.4, -0.2) is 26.4 Å². The highest BCUT2D eigenvalue weighted by Crippen LogP contribution is 2.27. The Hall–Kier alpha value is -0.350. The van der Waals surface area contributed by atoms with Crippen molar-refractivity contribution in [1.82, 2.24) is 9.78 Å². The molecule has 78 valence electrons. The number of rotatable bonds is 2. The van der Waals surface area contributed by atoms with Gasteiger partial charge in [-0.1, -0.05) is 11.6 Å². The van der Waals surface area contributed by atoms with E-state index < -0.39 is 0 Å². The van der Waals surface area contributed by atoms with Gasteiger partial charge in [0.25, 0.3) is 0 Å². The van der Waals surface area contributed by atoms with E-state index >= 15 is 0 Å². The molecule has 1 aromatic heterocycles. The van der Waals surface area contributed by atoms with Crippen LogP contribution >= 0.6 is 23.4 Å². The van der Waals surface area contributed by atoms with Crippen molar-refractivity contribution in [3.8, 4) is 5.75 Å². The Kier molecular flexibility index (Phi) is 3.23. The van der Waals surface area contributed by atoms with Crippen molar-refractivity contribution >= 4 is 23.4 Å². The van der Waals surface area contributed by atoms with Crippen molar-refractivity contribution in [3.63, 3.8) is 0 Å². The summed E-state index contributed by atoms with van der Waals surface area (Å²) in [5.41, 5.74) is 0. The first-order valence-electron chi connectivity index (χ1n) is 4.75. The fraction of sp³-hybridized carbons (Fsp3) is 0.667. The van der Waals surface area contributed by atoms with E-state index in [1.807, 2.05) is 11.8 Å². The molecular formula is C9H13ClN2OS. The first kappa shape index (κ1) is 10.2. The van der Waals surface area contributed by atoms with Gasteiger partial charge in [0.05, 0.1) is 6.20 Å². The van der Waals surface area contributed by atoms with Crippen LogP contribution in [0.5, 0.6) is 5.75 Å². The molecule has 0 spiro atoms. The molecule has 1 saturated heterocycles. The number of hydrogen-bond acceptors (Lipinski definition) is 3. The van der Waals surface area contributed by atoms with Crippen LogP contribution in [0.3, 0.4) is 0 Å². The van der Waals surface area contributed by atoms with Gasteiger partial charge in [0.15, 0.2) is 10.9 Å². The molecule has 1 aromatic rings. The van der Waals surface area contributed by atoms with Crippen molar-refractivity contribution in [2.45, 2.75) is 19.4 Å². The van der Waals surface area contributed by atoms with Crippen molar-refractivity contribution < 1.29 is 5.11 Å². The smallest absolute Gasteiger partial charge is 0.172 e. The van der Waals surface area contributed by atoms with Crippen LogP contribution < -0.4 is 0 Å². The SMILES string of the molecule is Oc1cnn(CC2CCCSC2)c1Cl. The Bertz CT molecular complexity index is 310. The largest absolute Gasteiger partial charge is 0.504 e. The lowest BCUT2D eigenvalue weighted by Crippen LogP contribution is -2.17. The van der Waals surface area contributed by atoms with Crippen LogP contribution in [0, 0.1) is 5.92 Å². The van der Waals surface area contributed by atoms with Crippen molar-refractivity contribution in [2.75, 3.05) is 11.5 Å². The summed E-state index contributed by atoms with van der Waals surface area (Å²) in [7, 11) is 0. The number of halogens is 1. The molecule has 1 aliphatic rings. The first-order valence-corrected chi connectivity index (χ1v) is 6.28. The van der Waals surface area contributed by atoms with Crippen LogP contribution in [0.2, 0.25) is 5.15 Å². The van der Waals surface area contributed by atoms with Crippen molar-refractivity contribution in [3.05, 3.63) is 11.3 Å². The number of aromatic hydroxyl groups is 1. The number of thioether (sulfide) groups is 1. The van der Waals surface area contributed by atoms with E-state index in [1.54, 1.807) is 4.68 Å². The second-order valence-electron chi connectivity index (χ2n) is 3.59. The molecule has 1 N–H and O–H groups in total. The summed E-state index contributed by atoms with van der Waals surface area (Å²) in [6, 6.07) is 0. The Labute approximate surface area is 92.4 Å². The molecule has 3 nitrogen and oxygen atoms in total. The third-order valence-corrected chi connectivity index (χ3v) is 4.12. The fourth-order valence-electron chi connectivity index (χ4n) is 1.68. The van der Waals surface area contributed by atoms with Gasteiger partial charge in [-0.25, -0.2) is 0 Å². The Balaban J connectivity index is 1.99. The first-order chi connectivity index (χ1) is 6.77. The maximum atomic E-state index is 9.25. The summed E-state index contributed by atoms with van der Waals surface area (Å²) in [5, 5.41) is 13.6. The minimum atomic E-state index is 0.0788. The highest BCUT2D eigenvalue weighted by Gasteiger charge is 2.16. The molecular weight excluding hydrogens is 220 g/mol. The van der Waals surface area contributed by atoms with Crippen LogP contribution in [0.25, 0.3) is 0 Å². The van der Waals surface area contributed by atoms with Crippen molar-refractivity contribution in [1.29, 1.82) is 0 Å². The Morgan fingerprint density at radius 2 is 2.57 bits per heavy atom. The van der Waals surface area contributed by atoms with Gasteiger partial charge >= 0.3 is 0 Å². The molecule has 14 heavy (non-hydrogen) atoms. The van der Waals surface area contributed by atoms with E-state index in [4.69, 9.17) is 11.6 Å². The van der Waals surface area contributed by atoms with Crippen molar-refractivity contribution in [2.24, 2.45) is 5.92 Å². The normalized spacial score (nSPS) is 22.5. The van der Waals surface area contributed by atoms with Crippen LogP contribution in [-0.2, 0) is 6.54 Å². The van der Waals surface area contributed by atoms with Gasteiger partial charge < -0.3 is 5.11 Å². The summed E-state index contributed by atoms with van der Waals surface area (Å²) in [6.07, 6.45) is 3.92. The minimum absolute atomic E-state index is 0.0788. The summed E-state index contributed by atoms with van der Waals surface area (Å²) < 4.78 is 1.69. The summed E-state index contributed by atoms with van der Waals surface area (Å²) in [4.78, 5) is 0. The Morgan fingerprint density at radius 1 is 1.71 bits per heavy atom. The molecule has 2 rings (SSSR count). The zero-order valence-electron chi connectivity index (χ0n) is 7.82. The maximum Gasteiger partial charge on any atom is 0.172 e. The molecule has 0 amide bonds. The van der Waals surface area contributed by atoms with Crippen LogP contribution in [0.4, 0.5) is 0 Å². The number of nitrogens with zero attached hydrogens (tertiary/aromatic N) is 2. The summed E-state index contributed by atoms with van der Waals surface area (Å²) in [6.45, 7) is 0.826. The number of aromatic nitrogens is 2. The molecule has 0 radical (unpaired) electrons. The van der Waals surface area contributed by atoms with E-state index in [9.17, 15) is 5.11 Å². The van der Waals surface area contributed by atoms with Gasteiger partial charge in [-0.15, -0.1) is 0 Å². The lowest BCUT2D eigenvalue weighted by atomic mass is 10.1. The average molecular weight is 233 g/mol. The fourth-order valence-corrected chi connectivity index (χ4v) is 2.99. The highest BCUT2D eigenvalue weighted by atomic mass is 35.5. The van der Waals surface area contributed by atoms with E-state index in [0.29, 0.717) is 11.1 Å². The molecule has 1 fully saturated rings. The second kappa shape index (κ2) is 4.45. The summed E-state index contributed by atoms with van der Waals surface area (Å²) in [5.74, 6) is 3.17. The zero-order valence-corrected chi connectivity index (χ0v) is 9.39. The lowest BCUT2D eigenvalue weighted by Gasteiger charge is -2.21. The third-order valence-electron chi connectivity index (χ3n) is 2.44. The van der Waals surface area contributed by atoms with E-state index in [-0.39, 0.29) is 5.75 Å². The van der Waals surface area contributed by atoms with Gasteiger partial charge in [-0.2, -0.15) is 16.9 Å². The maximum absolute atomic E-state index is 9.25. The summed E-state index contributed by atoms with van der Waals surface area (Å²) >= 11 is 7.86. The van der Waals surface area contributed by atoms with Gasteiger partial charge in [-0.3, -0.25) is 4.68 Å². The molecule has 1 aliphatic heterocycles. The standard InChI is InChI=1S/C9H13ClN2OS/c10-9-8(13)4-11-12(9)5-7-2-1-3-14-6-7/h4,7,13H,1-3,5-6H2. The highest BCUT2D eigenvalue weighted by molar-refractivity contribution is 7.99. The Morgan fingerprint density at radius 3 is 3.14 bits per heavy atom. The second-order valence-corrected chi connectivity index (χ2v) is 5.09. The predicted molar refractivity (Wildman–Crippen MR) is 59.0 cm³/mol. The predicted octanol–water partition coefficient (Wildman–Crippen LogP) is 2.39. The van der Waals surface area contributed by atoms with E-state index in [0.717, 1.165) is 6.54 Å². The van der Waals surface area contributed by atoms with E-state index in [1.165, 1.54) is 30.5 Å². The minimum Gasteiger partial charge on any atom is -0.504 e. The number of hydrogen-bond donors (Lipinski definition) is 1. The lowest BCUT2D eigenvalue weighted by molar-refractivity contribution is 0.418. The molecule has 1 unspecified atom stereocenters. The van der Waals surface area contributed by atoms with Crippen LogP contribution in [0.15, 0.2) is 6.20 Å². The third kappa shape index (κ3) is 2.17. The molecule has 0 bridgehead atoms. The molecule has 5 heteroatoms. The molecule has 2 heterocycles. The molecule has 0 aliphatic carbocycles. The van der Waals surface area contributed by atoms with Gasteiger partial charge in [0.2, 0.25) is 0 Å². The monoisotopic (exact) mass is 232 g/mol. The van der Waals surface area contributed by atoms with E-state index in [2.05, 4.69) is 5.10 Å². The molecule has 0 aromatic carbocycles. The molecule has 0 saturated carbocycles. The topological polar surface area (TPSA) is 38.1 Å². The van der Waals surface area contributed by atoms with Gasteiger partial charge in [0, 0.05) is 6.54 Å². The zero-order chi connectivity index (χ0) is 9.97. The van der Waals surface area contributed by atoms with Gasteiger partial charge in [0.1, 0.15) is 0 Å². The van der Waals surface area contributed by atoms with Crippen LogP contribution in [0.1, 0.15) is 12.8 Å². The average Bonchev–Trinajstić information content (AvgIpc) is 2.52.